The maximum Gasteiger partial charge on any atom is 0.226 e. The molecule has 3 rings (SSSR count). The smallest absolute Gasteiger partial charge is 0.226 e. The van der Waals surface area contributed by atoms with Crippen LogP contribution >= 0.6 is 0 Å². The number of nitrogens with one attached hydrogen (secondary N) is 1. The molecule has 1 amide bonds. The molecule has 25 heavy (non-hydrogen) atoms. The molecule has 0 atom stereocenters. The van der Waals surface area contributed by atoms with Crippen LogP contribution < -0.4 is 5.32 Å². The molecule has 128 valence electrons. The van der Waals surface area contributed by atoms with Crippen molar-refractivity contribution in [2.24, 2.45) is 0 Å². The van der Waals surface area contributed by atoms with Crippen LogP contribution in [0.1, 0.15) is 17.0 Å². The first-order valence-corrected chi connectivity index (χ1v) is 8.14. The Kier molecular flexibility index (Phi) is 5.23. The summed E-state index contributed by atoms with van der Waals surface area (Å²) in [5.41, 5.74) is 2.50. The number of amides is 1. The van der Waals surface area contributed by atoms with E-state index < -0.39 is 0 Å². The number of rotatable bonds is 6. The average molecular weight is 338 g/mol. The number of halogens is 1. The van der Waals surface area contributed by atoms with Crippen LogP contribution in [0, 0.1) is 12.7 Å². The number of benzene rings is 2. The molecular formula is C20H19FN2O2. The lowest BCUT2D eigenvalue weighted by molar-refractivity contribution is -0.120. The average Bonchev–Trinajstić information content (AvgIpc) is 2.97. The first kappa shape index (κ1) is 16.9. The van der Waals surface area contributed by atoms with Crippen molar-refractivity contribution < 1.29 is 13.6 Å². The molecule has 0 aliphatic heterocycles. The van der Waals surface area contributed by atoms with Gasteiger partial charge in [0.05, 0.1) is 12.1 Å². The van der Waals surface area contributed by atoms with Crippen LogP contribution in [0.15, 0.2) is 59.0 Å². The molecule has 4 nitrogen and oxygen atoms in total. The lowest BCUT2D eigenvalue weighted by Gasteiger charge is -2.04. The summed E-state index contributed by atoms with van der Waals surface area (Å²) in [5, 5.41) is 2.89. The highest BCUT2D eigenvalue weighted by atomic mass is 19.1. The molecule has 0 unspecified atom stereocenters. The Morgan fingerprint density at radius 2 is 1.84 bits per heavy atom. The molecule has 5 heteroatoms. The van der Waals surface area contributed by atoms with Gasteiger partial charge in [-0.25, -0.2) is 9.37 Å². The molecule has 0 bridgehead atoms. The first-order valence-electron chi connectivity index (χ1n) is 8.14. The fourth-order valence-corrected chi connectivity index (χ4v) is 2.54. The standard InChI is InChI=1S/C20H19FN2O2/c1-14-18(23-20(25-14)16-7-9-17(21)10-8-16)11-12-22-19(24)13-15-5-3-2-4-6-15/h2-10H,11-13H2,1H3,(H,22,24). The molecule has 0 spiro atoms. The maximum atomic E-state index is 13.0. The minimum Gasteiger partial charge on any atom is -0.441 e. The number of hydrogen-bond acceptors (Lipinski definition) is 3. The van der Waals surface area contributed by atoms with E-state index in [2.05, 4.69) is 10.3 Å². The first-order chi connectivity index (χ1) is 12.1. The minimum absolute atomic E-state index is 0.0221. The zero-order valence-corrected chi connectivity index (χ0v) is 14.0. The van der Waals surface area contributed by atoms with Crippen LogP contribution in [-0.2, 0) is 17.6 Å². The van der Waals surface area contributed by atoms with Gasteiger partial charge < -0.3 is 9.73 Å². The zero-order chi connectivity index (χ0) is 17.6. The Labute approximate surface area is 145 Å². The second-order valence-corrected chi connectivity index (χ2v) is 5.79. The Balaban J connectivity index is 1.55. The molecular weight excluding hydrogens is 319 g/mol. The molecule has 1 heterocycles. The Bertz CT molecular complexity index is 842. The molecule has 2 aromatic carbocycles. The lowest BCUT2D eigenvalue weighted by atomic mass is 10.1. The lowest BCUT2D eigenvalue weighted by Crippen LogP contribution is -2.27. The van der Waals surface area contributed by atoms with E-state index in [9.17, 15) is 9.18 Å². The number of oxazole rings is 1. The number of nitrogens with zero attached hydrogens (tertiary/aromatic N) is 1. The molecule has 0 fully saturated rings. The van der Waals surface area contributed by atoms with Gasteiger partial charge >= 0.3 is 0 Å². The van der Waals surface area contributed by atoms with E-state index in [1.54, 1.807) is 12.1 Å². The van der Waals surface area contributed by atoms with E-state index in [4.69, 9.17) is 4.42 Å². The largest absolute Gasteiger partial charge is 0.441 e. The third-order valence-electron chi connectivity index (χ3n) is 3.88. The summed E-state index contributed by atoms with van der Waals surface area (Å²) < 4.78 is 18.6. The number of hydrogen-bond donors (Lipinski definition) is 1. The molecule has 1 aromatic heterocycles. The fraction of sp³-hybridized carbons (Fsp3) is 0.200. The summed E-state index contributed by atoms with van der Waals surface area (Å²) in [6.45, 7) is 2.32. The van der Waals surface area contributed by atoms with Crippen molar-refractivity contribution in [2.45, 2.75) is 19.8 Å². The second kappa shape index (κ2) is 7.75. The highest BCUT2D eigenvalue weighted by molar-refractivity contribution is 5.78. The monoisotopic (exact) mass is 338 g/mol. The van der Waals surface area contributed by atoms with Crippen molar-refractivity contribution in [3.8, 4) is 11.5 Å². The summed E-state index contributed by atoms with van der Waals surface area (Å²) in [6.07, 6.45) is 0.941. The number of carbonyl (C=O) groups excluding carboxylic acids is 1. The third kappa shape index (κ3) is 4.53. The molecule has 0 aliphatic carbocycles. The van der Waals surface area contributed by atoms with Gasteiger partial charge in [0.15, 0.2) is 0 Å². The van der Waals surface area contributed by atoms with Crippen LogP contribution in [0.2, 0.25) is 0 Å². The minimum atomic E-state index is -0.298. The fourth-order valence-electron chi connectivity index (χ4n) is 2.54. The van der Waals surface area contributed by atoms with Crippen LogP contribution in [0.3, 0.4) is 0 Å². The van der Waals surface area contributed by atoms with Crippen LogP contribution in [0.5, 0.6) is 0 Å². The van der Waals surface area contributed by atoms with Crippen molar-refractivity contribution in [2.75, 3.05) is 6.54 Å². The highest BCUT2D eigenvalue weighted by Crippen LogP contribution is 2.22. The second-order valence-electron chi connectivity index (χ2n) is 5.79. The van der Waals surface area contributed by atoms with Gasteiger partial charge in [0.2, 0.25) is 11.8 Å². The summed E-state index contributed by atoms with van der Waals surface area (Å²) >= 11 is 0. The molecule has 0 radical (unpaired) electrons. The van der Waals surface area contributed by atoms with Crippen molar-refractivity contribution >= 4 is 5.91 Å². The predicted molar refractivity (Wildman–Crippen MR) is 93.5 cm³/mol. The van der Waals surface area contributed by atoms with Gasteiger partial charge in [-0.2, -0.15) is 0 Å². The number of aromatic nitrogens is 1. The number of aryl methyl sites for hydroxylation is 1. The normalized spacial score (nSPS) is 10.6. The van der Waals surface area contributed by atoms with Gasteiger partial charge in [0, 0.05) is 18.5 Å². The quantitative estimate of drug-likeness (QED) is 0.746. The van der Waals surface area contributed by atoms with Crippen LogP contribution in [0.25, 0.3) is 11.5 Å². The summed E-state index contributed by atoms with van der Waals surface area (Å²) in [7, 11) is 0. The van der Waals surface area contributed by atoms with Crippen molar-refractivity contribution in [1.29, 1.82) is 0 Å². The van der Waals surface area contributed by atoms with E-state index in [-0.39, 0.29) is 11.7 Å². The van der Waals surface area contributed by atoms with Gasteiger partial charge in [-0.05, 0) is 36.8 Å². The van der Waals surface area contributed by atoms with E-state index in [0.717, 1.165) is 16.8 Å². The van der Waals surface area contributed by atoms with Gasteiger partial charge in [-0.15, -0.1) is 0 Å². The summed E-state index contributed by atoms with van der Waals surface area (Å²) in [6, 6.07) is 15.6. The Morgan fingerprint density at radius 1 is 1.12 bits per heavy atom. The highest BCUT2D eigenvalue weighted by Gasteiger charge is 2.12. The predicted octanol–water partition coefficient (Wildman–Crippen LogP) is 3.69. The van der Waals surface area contributed by atoms with Gasteiger partial charge in [-0.1, -0.05) is 30.3 Å². The van der Waals surface area contributed by atoms with E-state index >= 15 is 0 Å². The molecule has 1 N–H and O–H groups in total. The number of carbonyl (C=O) groups is 1. The van der Waals surface area contributed by atoms with Crippen LogP contribution in [-0.4, -0.2) is 17.4 Å². The van der Waals surface area contributed by atoms with Gasteiger partial charge in [0.1, 0.15) is 11.6 Å². The summed E-state index contributed by atoms with van der Waals surface area (Å²) in [4.78, 5) is 16.4. The van der Waals surface area contributed by atoms with Crippen molar-refractivity contribution in [3.63, 3.8) is 0 Å². The maximum absolute atomic E-state index is 13.0. The zero-order valence-electron chi connectivity index (χ0n) is 14.0. The summed E-state index contributed by atoms with van der Waals surface area (Å²) in [5.74, 6) is 0.847. The SMILES string of the molecule is Cc1oc(-c2ccc(F)cc2)nc1CCNC(=O)Cc1ccccc1. The van der Waals surface area contributed by atoms with E-state index in [0.29, 0.717) is 31.0 Å². The van der Waals surface area contributed by atoms with Crippen molar-refractivity contribution in [3.05, 3.63) is 77.4 Å². The van der Waals surface area contributed by atoms with Crippen LogP contribution in [0.4, 0.5) is 4.39 Å². The Morgan fingerprint density at radius 3 is 2.56 bits per heavy atom. The molecule has 3 aromatic rings. The molecule has 0 saturated carbocycles. The van der Waals surface area contributed by atoms with Gasteiger partial charge in [0.25, 0.3) is 0 Å². The third-order valence-corrected chi connectivity index (χ3v) is 3.88. The van der Waals surface area contributed by atoms with Crippen molar-refractivity contribution in [1.82, 2.24) is 10.3 Å². The molecule has 0 saturated heterocycles. The molecule has 0 aliphatic rings. The topological polar surface area (TPSA) is 55.1 Å². The van der Waals surface area contributed by atoms with E-state index in [1.807, 2.05) is 37.3 Å². The van der Waals surface area contributed by atoms with Gasteiger partial charge in [-0.3, -0.25) is 4.79 Å². The Hall–Kier alpha value is -2.95. The van der Waals surface area contributed by atoms with E-state index in [1.165, 1.54) is 12.1 Å².